The first-order valence-electron chi connectivity index (χ1n) is 9.30. The van der Waals surface area contributed by atoms with Gasteiger partial charge in [0.2, 0.25) is 5.76 Å². The van der Waals surface area contributed by atoms with E-state index in [0.29, 0.717) is 32.9 Å². The maximum atomic E-state index is 11.2. The molecule has 1 aromatic heterocycles. The van der Waals surface area contributed by atoms with Gasteiger partial charge in [-0.3, -0.25) is 0 Å². The molecular weight excluding hydrogens is 439 g/mol. The number of hydrogen-bond acceptors (Lipinski definition) is 3. The first-order chi connectivity index (χ1) is 14.4. The van der Waals surface area contributed by atoms with Crippen LogP contribution in [0.5, 0.6) is 5.75 Å². The van der Waals surface area contributed by atoms with Crippen LogP contribution in [0.15, 0.2) is 67.0 Å². The monoisotopic (exact) mass is 459 g/mol. The van der Waals surface area contributed by atoms with Crippen LogP contribution in [0.1, 0.15) is 18.1 Å². The van der Waals surface area contributed by atoms with Crippen molar-refractivity contribution < 1.29 is 14.4 Å². The molecule has 0 radical (unpaired) electrons. The minimum absolute atomic E-state index is 0.0819. The molecule has 154 valence electrons. The Morgan fingerprint density at radius 3 is 2.53 bits per heavy atom. The summed E-state index contributed by atoms with van der Waals surface area (Å²) in [6.07, 6.45) is 3.68. The van der Waals surface area contributed by atoms with Gasteiger partial charge < -0.3 is 15.2 Å². The van der Waals surface area contributed by atoms with Crippen molar-refractivity contribution in [1.82, 2.24) is 0 Å². The Kier molecular flexibility index (Phi) is 7.32. The van der Waals surface area contributed by atoms with Crippen molar-refractivity contribution in [2.75, 3.05) is 11.9 Å². The molecule has 2 N–H and O–H groups in total. The van der Waals surface area contributed by atoms with Gasteiger partial charge in [0.25, 0.3) is 5.70 Å². The summed E-state index contributed by atoms with van der Waals surface area (Å²) >= 11 is 18.1. The van der Waals surface area contributed by atoms with Gasteiger partial charge in [0.1, 0.15) is 5.75 Å². The Morgan fingerprint density at radius 2 is 1.87 bits per heavy atom. The van der Waals surface area contributed by atoms with E-state index in [2.05, 4.69) is 5.32 Å². The Hall–Kier alpha value is -2.60. The third-order valence-corrected chi connectivity index (χ3v) is 5.11. The van der Waals surface area contributed by atoms with Gasteiger partial charge in [-0.25, -0.2) is 0 Å². The lowest BCUT2D eigenvalue weighted by molar-refractivity contribution is -0.576. The lowest BCUT2D eigenvalue weighted by atomic mass is 10.1. The van der Waals surface area contributed by atoms with E-state index in [4.69, 9.17) is 40.2 Å². The lowest BCUT2D eigenvalue weighted by Gasteiger charge is -2.12. The number of aliphatic hydroxyl groups excluding tert-OH is 1. The van der Waals surface area contributed by atoms with Gasteiger partial charge in [-0.2, -0.15) is 4.57 Å². The number of nitrogens with one attached hydrogen (secondary N) is 1. The summed E-state index contributed by atoms with van der Waals surface area (Å²) < 4.78 is 7.23. The van der Waals surface area contributed by atoms with Crippen molar-refractivity contribution in [2.24, 2.45) is 0 Å². The first-order valence-corrected chi connectivity index (χ1v) is 10.5. The molecule has 0 aliphatic heterocycles. The lowest BCUT2D eigenvalue weighted by Crippen LogP contribution is -2.38. The zero-order valence-corrected chi connectivity index (χ0v) is 18.9. The Labute approximate surface area is 191 Å². The van der Waals surface area contributed by atoms with Crippen LogP contribution in [0.25, 0.3) is 11.5 Å². The quantitative estimate of drug-likeness (QED) is 0.196. The van der Waals surface area contributed by atoms with E-state index in [9.17, 15) is 5.11 Å². The molecule has 2 aromatic carbocycles. The molecule has 1 heterocycles. The molecule has 0 amide bonds. The molecule has 0 saturated carbocycles. The van der Waals surface area contributed by atoms with E-state index in [1.165, 1.54) is 0 Å². The zero-order chi connectivity index (χ0) is 21.7. The number of aliphatic hydroxyl groups is 1. The van der Waals surface area contributed by atoms with Crippen LogP contribution >= 0.6 is 35.4 Å². The number of benzene rings is 2. The SMILES string of the molecule is CCOc1ccc(NC(=S)/C(=C(/O)c2cc(Cl)ccc2Cl)[n+]2cccc(C)c2)cc1. The van der Waals surface area contributed by atoms with Crippen molar-refractivity contribution in [3.05, 3.63) is 88.2 Å². The minimum Gasteiger partial charge on any atom is -0.502 e. The highest BCUT2D eigenvalue weighted by molar-refractivity contribution is 7.81. The number of hydrogen-bond donors (Lipinski definition) is 2. The highest BCUT2D eigenvalue weighted by atomic mass is 35.5. The maximum Gasteiger partial charge on any atom is 0.288 e. The molecule has 0 aliphatic rings. The van der Waals surface area contributed by atoms with E-state index in [0.717, 1.165) is 17.0 Å². The van der Waals surface area contributed by atoms with Gasteiger partial charge in [0.05, 0.1) is 11.6 Å². The number of anilines is 1. The van der Waals surface area contributed by atoms with Gasteiger partial charge in [0, 0.05) is 27.9 Å². The Morgan fingerprint density at radius 1 is 1.13 bits per heavy atom. The largest absolute Gasteiger partial charge is 0.502 e. The molecule has 7 heteroatoms. The van der Waals surface area contributed by atoms with Crippen LogP contribution in [-0.2, 0) is 0 Å². The van der Waals surface area contributed by atoms with E-state index >= 15 is 0 Å². The summed E-state index contributed by atoms with van der Waals surface area (Å²) in [6.45, 7) is 4.48. The van der Waals surface area contributed by atoms with Crippen LogP contribution < -0.4 is 14.6 Å². The molecule has 0 atom stereocenters. The summed E-state index contributed by atoms with van der Waals surface area (Å²) in [5.41, 5.74) is 2.54. The topological polar surface area (TPSA) is 45.4 Å². The fourth-order valence-corrected chi connectivity index (χ4v) is 3.58. The summed E-state index contributed by atoms with van der Waals surface area (Å²) in [7, 11) is 0. The van der Waals surface area contributed by atoms with Crippen molar-refractivity contribution in [2.45, 2.75) is 13.8 Å². The minimum atomic E-state index is -0.0819. The summed E-state index contributed by atoms with van der Waals surface area (Å²) in [6, 6.07) is 16.2. The number of aromatic nitrogens is 1. The maximum absolute atomic E-state index is 11.2. The molecule has 0 spiro atoms. The number of pyridine rings is 1. The highest BCUT2D eigenvalue weighted by Crippen LogP contribution is 2.28. The highest BCUT2D eigenvalue weighted by Gasteiger charge is 2.25. The number of ether oxygens (including phenoxy) is 1. The number of aryl methyl sites for hydroxylation is 1. The van der Waals surface area contributed by atoms with E-state index < -0.39 is 0 Å². The predicted octanol–water partition coefficient (Wildman–Crippen LogP) is 6.31. The fraction of sp³-hybridized carbons (Fsp3) is 0.130. The van der Waals surface area contributed by atoms with Crippen molar-refractivity contribution >= 4 is 57.6 Å². The normalized spacial score (nSPS) is 11.6. The van der Waals surface area contributed by atoms with Crippen molar-refractivity contribution in [3.63, 3.8) is 0 Å². The number of halogens is 2. The van der Waals surface area contributed by atoms with Crippen molar-refractivity contribution in [3.8, 4) is 5.75 Å². The second kappa shape index (κ2) is 9.94. The third kappa shape index (κ3) is 5.30. The molecule has 30 heavy (non-hydrogen) atoms. The van der Waals surface area contributed by atoms with Gasteiger partial charge in [-0.15, -0.1) is 0 Å². The summed E-state index contributed by atoms with van der Waals surface area (Å²) in [4.78, 5) is 0.323. The van der Waals surface area contributed by atoms with Gasteiger partial charge in [-0.05, 0) is 62.4 Å². The standard InChI is InChI=1S/C23H20Cl2N2O2S/c1-3-29-18-9-7-17(8-10-18)26-23(30)21(27-12-4-5-15(2)14-27)22(28)19-13-16(24)6-11-20(19)25/h4-14H,3H2,1-2H3,(H-,26,28,30)/p+1. The van der Waals surface area contributed by atoms with Gasteiger partial charge in [-0.1, -0.05) is 35.4 Å². The average Bonchev–Trinajstić information content (AvgIpc) is 2.71. The van der Waals surface area contributed by atoms with Crippen LogP contribution in [-0.4, -0.2) is 16.7 Å². The molecule has 4 nitrogen and oxygen atoms in total. The van der Waals surface area contributed by atoms with E-state index in [-0.39, 0.29) is 5.76 Å². The number of rotatable bonds is 6. The van der Waals surface area contributed by atoms with Crippen LogP contribution in [0.4, 0.5) is 5.69 Å². The fourth-order valence-electron chi connectivity index (χ4n) is 2.88. The Balaban J connectivity index is 2.05. The molecule has 0 fully saturated rings. The molecule has 3 rings (SSSR count). The predicted molar refractivity (Wildman–Crippen MR) is 127 cm³/mol. The second-order valence-corrected chi connectivity index (χ2v) is 7.77. The van der Waals surface area contributed by atoms with Gasteiger partial charge >= 0.3 is 0 Å². The second-order valence-electron chi connectivity index (χ2n) is 6.52. The third-order valence-electron chi connectivity index (χ3n) is 4.25. The van der Waals surface area contributed by atoms with Gasteiger partial charge in [0.15, 0.2) is 17.4 Å². The van der Waals surface area contributed by atoms with Crippen LogP contribution in [0.2, 0.25) is 10.0 Å². The Bertz CT molecular complexity index is 1100. The molecule has 0 unspecified atom stereocenters. The van der Waals surface area contributed by atoms with E-state index in [1.807, 2.05) is 62.6 Å². The molecule has 0 saturated heterocycles. The summed E-state index contributed by atoms with van der Waals surface area (Å²) in [5.74, 6) is 0.688. The molecule has 3 aromatic rings. The number of thiocarbonyl (C=S) groups is 1. The zero-order valence-electron chi connectivity index (χ0n) is 16.5. The first kappa shape index (κ1) is 22.1. The van der Waals surface area contributed by atoms with E-state index in [1.54, 1.807) is 22.8 Å². The summed E-state index contributed by atoms with van der Waals surface area (Å²) in [5, 5.41) is 15.2. The molecular formula is C23H21Cl2N2O2S+. The molecule has 0 bridgehead atoms. The van der Waals surface area contributed by atoms with Crippen molar-refractivity contribution in [1.29, 1.82) is 0 Å². The van der Waals surface area contributed by atoms with Crippen LogP contribution in [0.3, 0.4) is 0 Å². The smallest absolute Gasteiger partial charge is 0.288 e. The number of nitrogens with zero attached hydrogens (tertiary/aromatic N) is 1. The van der Waals surface area contributed by atoms with Crippen LogP contribution in [0, 0.1) is 6.92 Å². The average molecular weight is 460 g/mol. The molecule has 0 aliphatic carbocycles.